The molecule has 1 saturated heterocycles. The number of aromatic nitrogens is 1. The Morgan fingerprint density at radius 3 is 2.86 bits per heavy atom. The Morgan fingerprint density at radius 2 is 2.11 bits per heavy atom. The predicted molar refractivity (Wildman–Crippen MR) is 134 cm³/mol. The number of urea groups is 1. The molecule has 3 aromatic rings. The van der Waals surface area contributed by atoms with Gasteiger partial charge >= 0.3 is 6.03 Å². The van der Waals surface area contributed by atoms with Crippen LogP contribution in [0.15, 0.2) is 55.1 Å². The van der Waals surface area contributed by atoms with Crippen LogP contribution in [0.25, 0.3) is 10.9 Å². The average molecular weight is 475 g/mol. The first-order valence-electron chi connectivity index (χ1n) is 11.8. The van der Waals surface area contributed by atoms with Crippen molar-refractivity contribution in [2.75, 3.05) is 26.7 Å². The van der Waals surface area contributed by atoms with Gasteiger partial charge in [-0.3, -0.25) is 9.69 Å². The van der Waals surface area contributed by atoms with Crippen LogP contribution >= 0.6 is 0 Å². The summed E-state index contributed by atoms with van der Waals surface area (Å²) in [5, 5.41) is 14.2. The van der Waals surface area contributed by atoms with E-state index in [0.29, 0.717) is 32.5 Å². The highest BCUT2D eigenvalue weighted by atomic mass is 16.5. The van der Waals surface area contributed by atoms with Crippen LogP contribution in [0.5, 0.6) is 11.5 Å². The van der Waals surface area contributed by atoms with Crippen LogP contribution in [0, 0.1) is 0 Å². The van der Waals surface area contributed by atoms with Gasteiger partial charge in [0.1, 0.15) is 17.0 Å². The number of phenols is 1. The van der Waals surface area contributed by atoms with Crippen LogP contribution in [0.2, 0.25) is 0 Å². The molecule has 0 spiro atoms. The second kappa shape index (κ2) is 8.78. The molecule has 0 saturated carbocycles. The van der Waals surface area contributed by atoms with E-state index in [1.807, 2.05) is 31.2 Å². The number of methoxy groups -OCH3 is 1. The molecule has 35 heavy (non-hydrogen) atoms. The summed E-state index contributed by atoms with van der Waals surface area (Å²) < 4.78 is 5.45. The summed E-state index contributed by atoms with van der Waals surface area (Å²) in [7, 11) is 1.63. The molecule has 2 atom stereocenters. The molecule has 0 bridgehead atoms. The molecule has 0 aliphatic carbocycles. The second-order valence-corrected chi connectivity index (χ2v) is 9.37. The van der Waals surface area contributed by atoms with Crippen molar-refractivity contribution in [3.8, 4) is 11.5 Å². The third-order valence-corrected chi connectivity index (χ3v) is 7.13. The zero-order valence-corrected chi connectivity index (χ0v) is 20.0. The quantitative estimate of drug-likeness (QED) is 0.264. The van der Waals surface area contributed by atoms with Crippen LogP contribution in [0.1, 0.15) is 29.8 Å². The molecule has 8 heteroatoms. The number of nitrogens with zero attached hydrogens (tertiary/aromatic N) is 2. The number of amides is 3. The number of imide groups is 1. The zero-order chi connectivity index (χ0) is 24.7. The van der Waals surface area contributed by atoms with Gasteiger partial charge in [-0.1, -0.05) is 18.2 Å². The van der Waals surface area contributed by atoms with Crippen LogP contribution in [0.4, 0.5) is 4.79 Å². The number of rotatable bonds is 8. The number of ether oxygens (including phenoxy) is 1. The first-order chi connectivity index (χ1) is 16.9. The molecule has 1 unspecified atom stereocenters. The largest absolute Gasteiger partial charge is 0.508 e. The minimum absolute atomic E-state index is 0.168. The summed E-state index contributed by atoms with van der Waals surface area (Å²) in [6, 6.07) is 12.2. The number of benzene rings is 2. The minimum Gasteiger partial charge on any atom is -0.508 e. The maximum Gasteiger partial charge on any atom is 0.328 e. The molecular weight excluding hydrogens is 444 g/mol. The molecule has 5 rings (SSSR count). The third-order valence-electron chi connectivity index (χ3n) is 7.13. The van der Waals surface area contributed by atoms with Gasteiger partial charge in [0.05, 0.1) is 13.2 Å². The highest BCUT2D eigenvalue weighted by Gasteiger charge is 2.59. The van der Waals surface area contributed by atoms with Gasteiger partial charge in [-0.15, -0.1) is 6.58 Å². The topological polar surface area (TPSA) is 97.9 Å². The fourth-order valence-electron chi connectivity index (χ4n) is 5.47. The molecule has 2 aliphatic rings. The Hall–Kier alpha value is -3.78. The van der Waals surface area contributed by atoms with Gasteiger partial charge in [0, 0.05) is 42.7 Å². The number of hydrogen-bond donors (Lipinski definition) is 3. The van der Waals surface area contributed by atoms with Crippen molar-refractivity contribution < 1.29 is 19.4 Å². The molecule has 2 aromatic carbocycles. The number of carbonyl (C=O) groups excluding carboxylic acids is 2. The van der Waals surface area contributed by atoms with E-state index in [-0.39, 0.29) is 17.7 Å². The Labute approximate surface area is 204 Å². The van der Waals surface area contributed by atoms with Gasteiger partial charge in [-0.2, -0.15) is 0 Å². The van der Waals surface area contributed by atoms with Gasteiger partial charge in [0.15, 0.2) is 0 Å². The van der Waals surface area contributed by atoms with E-state index in [1.165, 1.54) is 4.90 Å². The molecule has 3 N–H and O–H groups in total. The van der Waals surface area contributed by atoms with E-state index in [1.54, 1.807) is 36.3 Å². The van der Waals surface area contributed by atoms with Gasteiger partial charge in [0.25, 0.3) is 5.91 Å². The van der Waals surface area contributed by atoms with Crippen molar-refractivity contribution in [2.45, 2.75) is 31.3 Å². The monoisotopic (exact) mass is 474 g/mol. The first-order valence-corrected chi connectivity index (χ1v) is 11.8. The van der Waals surface area contributed by atoms with Crippen molar-refractivity contribution in [1.82, 2.24) is 20.1 Å². The van der Waals surface area contributed by atoms with E-state index in [4.69, 9.17) is 4.74 Å². The smallest absolute Gasteiger partial charge is 0.328 e. The fraction of sp³-hybridized carbons (Fsp3) is 0.333. The van der Waals surface area contributed by atoms with Crippen LogP contribution < -0.4 is 10.1 Å². The molecule has 0 radical (unpaired) electrons. The highest BCUT2D eigenvalue weighted by Crippen LogP contribution is 2.47. The van der Waals surface area contributed by atoms with Gasteiger partial charge < -0.3 is 25.0 Å². The molecule has 3 heterocycles. The van der Waals surface area contributed by atoms with Gasteiger partial charge in [-0.05, 0) is 54.8 Å². The SMILES string of the molecule is C=CCNCCN1C(=O)N2C(Cc3cccc(O)c3)c3[nH]c4ccc(OC)cc4c3C[C@@]2(C)C1=O. The molecule has 8 nitrogen and oxygen atoms in total. The number of fused-ring (bicyclic) bond motifs is 4. The summed E-state index contributed by atoms with van der Waals surface area (Å²) >= 11 is 0. The summed E-state index contributed by atoms with van der Waals surface area (Å²) in [6.07, 6.45) is 2.62. The number of carbonyl (C=O) groups is 2. The number of H-pyrrole nitrogens is 1. The van der Waals surface area contributed by atoms with Crippen LogP contribution in [-0.2, 0) is 17.6 Å². The highest BCUT2D eigenvalue weighted by molar-refractivity contribution is 6.08. The maximum absolute atomic E-state index is 13.7. The fourth-order valence-corrected chi connectivity index (χ4v) is 5.47. The number of aromatic hydroxyl groups is 1. The minimum atomic E-state index is -1.01. The number of phenolic OH excluding ortho intramolecular Hbond substituents is 1. The molecule has 1 aromatic heterocycles. The molecule has 3 amide bonds. The lowest BCUT2D eigenvalue weighted by molar-refractivity contribution is -0.133. The van der Waals surface area contributed by atoms with Crippen molar-refractivity contribution in [1.29, 1.82) is 0 Å². The summed E-state index contributed by atoms with van der Waals surface area (Å²) in [5.74, 6) is 0.716. The van der Waals surface area contributed by atoms with Gasteiger partial charge in [0.2, 0.25) is 0 Å². The molecule has 1 fully saturated rings. The van der Waals surface area contributed by atoms with Gasteiger partial charge in [-0.25, -0.2) is 4.79 Å². The maximum atomic E-state index is 13.7. The number of nitrogens with one attached hydrogen (secondary N) is 2. The number of aromatic amines is 1. The standard InChI is InChI=1S/C27H30N4O4/c1-4-10-28-11-12-30-25(33)27(2)16-21-20-15-19(35-3)8-9-22(20)29-24(21)23(31(27)26(30)34)14-17-6-5-7-18(32)13-17/h4-9,13,15,23,28-29,32H,1,10-12,14,16H2,2-3H3/t23?,27-/m0/s1. The zero-order valence-electron chi connectivity index (χ0n) is 20.0. The predicted octanol–water partition coefficient (Wildman–Crippen LogP) is 3.52. The summed E-state index contributed by atoms with van der Waals surface area (Å²) in [5.41, 5.74) is 2.75. The van der Waals surface area contributed by atoms with Crippen molar-refractivity contribution in [3.05, 3.63) is 71.9 Å². The average Bonchev–Trinajstić information content (AvgIpc) is 3.29. The normalized spacial score (nSPS) is 21.4. The van der Waals surface area contributed by atoms with Crippen molar-refractivity contribution in [3.63, 3.8) is 0 Å². The lowest BCUT2D eigenvalue weighted by Crippen LogP contribution is -2.53. The summed E-state index contributed by atoms with van der Waals surface area (Å²) in [4.78, 5) is 34.1. The van der Waals surface area contributed by atoms with E-state index in [2.05, 4.69) is 16.9 Å². The third kappa shape index (κ3) is 3.74. The second-order valence-electron chi connectivity index (χ2n) is 9.37. The van der Waals surface area contributed by atoms with E-state index in [9.17, 15) is 14.7 Å². The Morgan fingerprint density at radius 1 is 1.29 bits per heavy atom. The molecule has 2 aliphatic heterocycles. The van der Waals surface area contributed by atoms with E-state index >= 15 is 0 Å². The van der Waals surface area contributed by atoms with Crippen LogP contribution in [0.3, 0.4) is 0 Å². The Balaban J connectivity index is 1.60. The van der Waals surface area contributed by atoms with E-state index < -0.39 is 11.6 Å². The lowest BCUT2D eigenvalue weighted by atomic mass is 9.81. The van der Waals surface area contributed by atoms with Crippen molar-refractivity contribution in [2.24, 2.45) is 0 Å². The number of hydrogen-bond acceptors (Lipinski definition) is 5. The van der Waals surface area contributed by atoms with Crippen LogP contribution in [-0.4, -0.2) is 64.1 Å². The Bertz CT molecular complexity index is 1320. The summed E-state index contributed by atoms with van der Waals surface area (Å²) in [6.45, 7) is 6.95. The van der Waals surface area contributed by atoms with Crippen molar-refractivity contribution >= 4 is 22.8 Å². The Kier molecular flexibility index (Phi) is 5.76. The molecule has 182 valence electrons. The molecular formula is C27H30N4O4. The van der Waals surface area contributed by atoms with E-state index in [0.717, 1.165) is 33.5 Å². The lowest BCUT2D eigenvalue weighted by Gasteiger charge is -2.42. The first kappa shape index (κ1) is 23.0.